The standard InChI is InChI=1S/C16H16N2O2/c1-20-13-7-5-12(6-8-13)18-15(9-10-16(18)19)14-4-2-3-11-17-14/h2-8,11,15H,9-10H2,1H3. The molecule has 1 aromatic carbocycles. The van der Waals surface area contributed by atoms with E-state index in [9.17, 15) is 4.79 Å². The van der Waals surface area contributed by atoms with Crippen LogP contribution >= 0.6 is 0 Å². The summed E-state index contributed by atoms with van der Waals surface area (Å²) in [6, 6.07) is 13.4. The number of anilines is 1. The van der Waals surface area contributed by atoms with E-state index in [0.29, 0.717) is 6.42 Å². The van der Waals surface area contributed by atoms with E-state index >= 15 is 0 Å². The van der Waals surface area contributed by atoms with Gasteiger partial charge in [0, 0.05) is 18.3 Å². The fraction of sp³-hybridized carbons (Fsp3) is 0.250. The van der Waals surface area contributed by atoms with Crippen LogP contribution in [0.5, 0.6) is 5.75 Å². The molecule has 3 rings (SSSR count). The molecule has 1 aliphatic rings. The normalized spacial score (nSPS) is 18.4. The zero-order valence-electron chi connectivity index (χ0n) is 11.3. The topological polar surface area (TPSA) is 42.4 Å². The number of ether oxygens (including phenoxy) is 1. The number of methoxy groups -OCH3 is 1. The number of hydrogen-bond donors (Lipinski definition) is 0. The van der Waals surface area contributed by atoms with Crippen LogP contribution in [-0.4, -0.2) is 18.0 Å². The molecule has 1 unspecified atom stereocenters. The molecule has 0 spiro atoms. The van der Waals surface area contributed by atoms with Gasteiger partial charge >= 0.3 is 0 Å². The molecular formula is C16H16N2O2. The Hall–Kier alpha value is -2.36. The SMILES string of the molecule is COc1ccc(N2C(=O)CCC2c2ccccn2)cc1. The summed E-state index contributed by atoms with van der Waals surface area (Å²) in [6.07, 6.45) is 3.14. The maximum absolute atomic E-state index is 12.2. The highest BCUT2D eigenvalue weighted by Crippen LogP contribution is 2.36. The van der Waals surface area contributed by atoms with Crippen LogP contribution in [-0.2, 0) is 4.79 Å². The lowest BCUT2D eigenvalue weighted by Gasteiger charge is -2.24. The van der Waals surface area contributed by atoms with Crippen molar-refractivity contribution in [2.45, 2.75) is 18.9 Å². The van der Waals surface area contributed by atoms with Gasteiger partial charge in [-0.2, -0.15) is 0 Å². The highest BCUT2D eigenvalue weighted by Gasteiger charge is 2.33. The van der Waals surface area contributed by atoms with Crippen LogP contribution in [0.4, 0.5) is 5.69 Å². The molecule has 1 saturated heterocycles. The van der Waals surface area contributed by atoms with Gasteiger partial charge in [-0.25, -0.2) is 0 Å². The summed E-state index contributed by atoms with van der Waals surface area (Å²) in [6.45, 7) is 0. The zero-order valence-corrected chi connectivity index (χ0v) is 11.3. The number of amides is 1. The van der Waals surface area contributed by atoms with Crippen molar-refractivity contribution in [3.05, 3.63) is 54.4 Å². The maximum atomic E-state index is 12.2. The highest BCUT2D eigenvalue weighted by atomic mass is 16.5. The second-order valence-corrected chi connectivity index (χ2v) is 4.77. The fourth-order valence-corrected chi connectivity index (χ4v) is 2.60. The van der Waals surface area contributed by atoms with Gasteiger partial charge in [0.25, 0.3) is 0 Å². The van der Waals surface area contributed by atoms with Gasteiger partial charge in [-0.05, 0) is 42.8 Å². The first-order valence-electron chi connectivity index (χ1n) is 6.66. The molecule has 1 amide bonds. The molecule has 0 saturated carbocycles. The van der Waals surface area contributed by atoms with Crippen LogP contribution in [0.15, 0.2) is 48.7 Å². The van der Waals surface area contributed by atoms with Crippen molar-refractivity contribution in [2.24, 2.45) is 0 Å². The number of carbonyl (C=O) groups is 1. The predicted molar refractivity (Wildman–Crippen MR) is 76.7 cm³/mol. The number of aromatic nitrogens is 1. The van der Waals surface area contributed by atoms with E-state index in [1.54, 1.807) is 13.3 Å². The number of carbonyl (C=O) groups excluding carboxylic acids is 1. The summed E-state index contributed by atoms with van der Waals surface area (Å²) in [5.41, 5.74) is 1.83. The van der Waals surface area contributed by atoms with Crippen molar-refractivity contribution < 1.29 is 9.53 Å². The van der Waals surface area contributed by atoms with E-state index < -0.39 is 0 Å². The van der Waals surface area contributed by atoms with Crippen molar-refractivity contribution in [1.82, 2.24) is 4.98 Å². The quantitative estimate of drug-likeness (QED) is 0.859. The molecule has 2 heterocycles. The Morgan fingerprint density at radius 1 is 1.20 bits per heavy atom. The number of nitrogens with zero attached hydrogens (tertiary/aromatic N) is 2. The molecule has 0 aliphatic carbocycles. The third kappa shape index (κ3) is 2.25. The van der Waals surface area contributed by atoms with E-state index in [4.69, 9.17) is 4.74 Å². The van der Waals surface area contributed by atoms with Crippen LogP contribution in [0.3, 0.4) is 0 Å². The second-order valence-electron chi connectivity index (χ2n) is 4.77. The summed E-state index contributed by atoms with van der Waals surface area (Å²) >= 11 is 0. The number of pyridine rings is 1. The van der Waals surface area contributed by atoms with Crippen molar-refractivity contribution in [2.75, 3.05) is 12.0 Å². The van der Waals surface area contributed by atoms with E-state index in [1.807, 2.05) is 47.4 Å². The summed E-state index contributed by atoms with van der Waals surface area (Å²) in [4.78, 5) is 18.4. The van der Waals surface area contributed by atoms with Crippen molar-refractivity contribution >= 4 is 11.6 Å². The molecule has 20 heavy (non-hydrogen) atoms. The van der Waals surface area contributed by atoms with Crippen LogP contribution < -0.4 is 9.64 Å². The summed E-state index contributed by atoms with van der Waals surface area (Å²) in [5.74, 6) is 0.931. The van der Waals surface area contributed by atoms with Gasteiger partial charge in [0.05, 0.1) is 18.8 Å². The minimum absolute atomic E-state index is 0.0251. The third-order valence-corrected chi connectivity index (χ3v) is 3.59. The molecule has 0 N–H and O–H groups in total. The second kappa shape index (κ2) is 5.33. The van der Waals surface area contributed by atoms with Crippen LogP contribution in [0.2, 0.25) is 0 Å². The molecule has 2 aromatic rings. The van der Waals surface area contributed by atoms with Gasteiger partial charge in [0.15, 0.2) is 0 Å². The molecule has 102 valence electrons. The van der Waals surface area contributed by atoms with Crippen molar-refractivity contribution in [1.29, 1.82) is 0 Å². The minimum Gasteiger partial charge on any atom is -0.497 e. The van der Waals surface area contributed by atoms with Crippen molar-refractivity contribution in [3.63, 3.8) is 0 Å². The van der Waals surface area contributed by atoms with Gasteiger partial charge in [0.2, 0.25) is 5.91 Å². The molecule has 0 bridgehead atoms. The molecule has 4 nitrogen and oxygen atoms in total. The highest BCUT2D eigenvalue weighted by molar-refractivity contribution is 5.96. The molecule has 1 aliphatic heterocycles. The predicted octanol–water partition coefficient (Wildman–Crippen LogP) is 2.96. The van der Waals surface area contributed by atoms with Crippen LogP contribution in [0, 0.1) is 0 Å². The smallest absolute Gasteiger partial charge is 0.227 e. The molecule has 1 fully saturated rings. The van der Waals surface area contributed by atoms with Gasteiger partial charge in [0.1, 0.15) is 5.75 Å². The Kier molecular flexibility index (Phi) is 3.37. The van der Waals surface area contributed by atoms with Crippen molar-refractivity contribution in [3.8, 4) is 5.75 Å². The average molecular weight is 268 g/mol. The average Bonchev–Trinajstić information content (AvgIpc) is 2.90. The zero-order chi connectivity index (χ0) is 13.9. The largest absolute Gasteiger partial charge is 0.497 e. The van der Waals surface area contributed by atoms with Crippen LogP contribution in [0.1, 0.15) is 24.6 Å². The fourth-order valence-electron chi connectivity index (χ4n) is 2.60. The summed E-state index contributed by atoms with van der Waals surface area (Å²) in [5, 5.41) is 0. The maximum Gasteiger partial charge on any atom is 0.227 e. The first-order valence-corrected chi connectivity index (χ1v) is 6.66. The Morgan fingerprint density at radius 2 is 2.00 bits per heavy atom. The lowest BCUT2D eigenvalue weighted by Crippen LogP contribution is -2.27. The molecule has 4 heteroatoms. The lowest BCUT2D eigenvalue weighted by molar-refractivity contribution is -0.117. The van der Waals surface area contributed by atoms with E-state index in [2.05, 4.69) is 4.98 Å². The Bertz CT molecular complexity index is 596. The van der Waals surface area contributed by atoms with E-state index in [1.165, 1.54) is 0 Å². The minimum atomic E-state index is 0.0251. The first-order chi connectivity index (χ1) is 9.79. The lowest BCUT2D eigenvalue weighted by atomic mass is 10.1. The van der Waals surface area contributed by atoms with Gasteiger partial charge in [-0.15, -0.1) is 0 Å². The molecule has 0 radical (unpaired) electrons. The van der Waals surface area contributed by atoms with Gasteiger partial charge in [-0.3, -0.25) is 9.78 Å². The van der Waals surface area contributed by atoms with Crippen LogP contribution in [0.25, 0.3) is 0 Å². The molecular weight excluding hydrogens is 252 g/mol. The number of hydrogen-bond acceptors (Lipinski definition) is 3. The molecule has 1 aromatic heterocycles. The summed E-state index contributed by atoms with van der Waals surface area (Å²) < 4.78 is 5.15. The van der Waals surface area contributed by atoms with Gasteiger partial charge < -0.3 is 9.64 Å². The number of benzene rings is 1. The number of rotatable bonds is 3. The third-order valence-electron chi connectivity index (χ3n) is 3.59. The Labute approximate surface area is 118 Å². The summed E-state index contributed by atoms with van der Waals surface area (Å²) in [7, 11) is 1.63. The van der Waals surface area contributed by atoms with E-state index in [0.717, 1.165) is 23.6 Å². The monoisotopic (exact) mass is 268 g/mol. The Morgan fingerprint density at radius 3 is 2.65 bits per heavy atom. The Balaban J connectivity index is 1.94. The van der Waals surface area contributed by atoms with Gasteiger partial charge in [-0.1, -0.05) is 6.07 Å². The van der Waals surface area contributed by atoms with E-state index in [-0.39, 0.29) is 11.9 Å². The molecule has 1 atom stereocenters. The first kappa shape index (κ1) is 12.7.